The fourth-order valence-electron chi connectivity index (χ4n) is 6.93. The minimum atomic E-state index is -1.19. The smallest absolute Gasteiger partial charge is 0.340 e. The second kappa shape index (κ2) is 14.3. The molecule has 9 heteroatoms. The van der Waals surface area contributed by atoms with E-state index in [1.54, 1.807) is 12.1 Å². The van der Waals surface area contributed by atoms with Crippen LogP contribution in [0.1, 0.15) is 96.3 Å². The number of alkyl halides is 1. The third kappa shape index (κ3) is 6.48. The first-order valence-electron chi connectivity index (χ1n) is 17.2. The number of nitrogens with one attached hydrogen (secondary N) is 1. The first-order chi connectivity index (χ1) is 23.1. The Bertz CT molecular complexity index is 1550. The summed E-state index contributed by atoms with van der Waals surface area (Å²) in [4.78, 5) is 28.7. The van der Waals surface area contributed by atoms with Crippen molar-refractivity contribution in [1.29, 1.82) is 0 Å². The van der Waals surface area contributed by atoms with Gasteiger partial charge >= 0.3 is 5.97 Å². The number of ether oxygens (including phenoxy) is 4. The fourth-order valence-corrected chi connectivity index (χ4v) is 7.12. The van der Waals surface area contributed by atoms with Gasteiger partial charge in [0.2, 0.25) is 5.91 Å². The summed E-state index contributed by atoms with van der Waals surface area (Å²) in [6.45, 7) is 3.98. The Kier molecular flexibility index (Phi) is 9.70. The Hall–Kier alpha value is -3.59. The highest BCUT2D eigenvalue weighted by atomic mass is 35.5. The van der Waals surface area contributed by atoms with Crippen molar-refractivity contribution >= 4 is 34.9 Å². The molecule has 0 radical (unpaired) electrons. The summed E-state index contributed by atoms with van der Waals surface area (Å²) >= 11 is 5.71. The van der Waals surface area contributed by atoms with Crippen LogP contribution in [0.3, 0.4) is 0 Å². The zero-order valence-corrected chi connectivity index (χ0v) is 27.6. The van der Waals surface area contributed by atoms with Crippen molar-refractivity contribution in [2.75, 3.05) is 55.6 Å². The lowest BCUT2D eigenvalue weighted by atomic mass is 9.75. The summed E-state index contributed by atoms with van der Waals surface area (Å²) in [7, 11) is 0. The van der Waals surface area contributed by atoms with Crippen LogP contribution in [0.5, 0.6) is 11.5 Å². The first-order valence-corrected chi connectivity index (χ1v) is 17.7. The second-order valence-electron chi connectivity index (χ2n) is 13.0. The van der Waals surface area contributed by atoms with Gasteiger partial charge in [-0.05, 0) is 80.0 Å². The molecule has 8 nitrogen and oxygen atoms in total. The maximum absolute atomic E-state index is 13.5. The highest BCUT2D eigenvalue weighted by molar-refractivity contribution is 6.17. The number of amides is 1. The molecule has 1 aliphatic carbocycles. The van der Waals surface area contributed by atoms with Crippen molar-refractivity contribution in [3.8, 4) is 11.5 Å². The third-order valence-electron chi connectivity index (χ3n) is 9.91. The van der Waals surface area contributed by atoms with E-state index in [0.717, 1.165) is 55.6 Å². The number of benzene rings is 3. The molecule has 1 saturated carbocycles. The van der Waals surface area contributed by atoms with Crippen molar-refractivity contribution in [2.45, 2.75) is 69.3 Å². The van der Waals surface area contributed by atoms with Gasteiger partial charge in [0, 0.05) is 59.7 Å². The Balaban J connectivity index is 1.07. The normalized spacial score (nSPS) is 19.3. The molecule has 1 spiro atoms. The molecule has 248 valence electrons. The minimum absolute atomic E-state index is 0.165. The van der Waals surface area contributed by atoms with E-state index in [4.69, 9.17) is 30.5 Å². The van der Waals surface area contributed by atoms with Crippen LogP contribution in [0.15, 0.2) is 54.6 Å². The van der Waals surface area contributed by atoms with E-state index in [0.29, 0.717) is 66.5 Å². The standard InChI is InChI=1S/C38H43ClN2O6/c39-16-3-1-2-4-19-44-21-22-45-20-15-36(42)40-28-10-12-30-33(24-28)38(47-37(30)43)31-13-9-27(26-7-5-8-26)23-34(31)46-35-25-29(11-14-32(35)38)41-17-6-18-41/h9-14,23-26H,1-8,15-22H2,(H,40,42). The molecule has 7 rings (SSSR count). The molecule has 1 atom stereocenters. The van der Waals surface area contributed by atoms with Crippen LogP contribution in [0.4, 0.5) is 11.4 Å². The molecular weight excluding hydrogens is 616 g/mol. The lowest BCUT2D eigenvalue weighted by Gasteiger charge is -2.39. The van der Waals surface area contributed by atoms with E-state index in [1.165, 1.54) is 31.2 Å². The molecule has 0 aromatic heterocycles. The van der Waals surface area contributed by atoms with E-state index in [-0.39, 0.29) is 12.3 Å². The average Bonchev–Trinajstić information content (AvgIpc) is 3.29. The average molecular weight is 659 g/mol. The summed E-state index contributed by atoms with van der Waals surface area (Å²) < 4.78 is 24.3. The SMILES string of the molecule is O=C(CCOCCOCCCCCCCl)Nc1ccc2c(c1)C1(OC2=O)c2ccc(C3CCC3)cc2Oc2cc(N3CCC3)ccc21. The van der Waals surface area contributed by atoms with Crippen molar-refractivity contribution in [3.63, 3.8) is 0 Å². The Morgan fingerprint density at radius 3 is 2.36 bits per heavy atom. The van der Waals surface area contributed by atoms with Crippen LogP contribution in [-0.2, 0) is 24.6 Å². The lowest BCUT2D eigenvalue weighted by Crippen LogP contribution is -2.37. The summed E-state index contributed by atoms with van der Waals surface area (Å²) in [5, 5.41) is 3.01. The van der Waals surface area contributed by atoms with E-state index in [2.05, 4.69) is 40.5 Å². The lowest BCUT2D eigenvalue weighted by molar-refractivity contribution is -0.117. The van der Waals surface area contributed by atoms with Crippen LogP contribution in [-0.4, -0.2) is 57.3 Å². The third-order valence-corrected chi connectivity index (χ3v) is 10.2. The van der Waals surface area contributed by atoms with Crippen LogP contribution in [0, 0.1) is 0 Å². The number of esters is 1. The van der Waals surface area contributed by atoms with Crippen LogP contribution < -0.4 is 15.0 Å². The summed E-state index contributed by atoms with van der Waals surface area (Å²) in [6, 6.07) is 17.9. The molecule has 3 aromatic carbocycles. The maximum Gasteiger partial charge on any atom is 0.340 e. The monoisotopic (exact) mass is 658 g/mol. The fraction of sp³-hybridized carbons (Fsp3) is 0.474. The number of anilines is 2. The van der Waals surface area contributed by atoms with Gasteiger partial charge in [-0.15, -0.1) is 11.6 Å². The van der Waals surface area contributed by atoms with Gasteiger partial charge in [0.1, 0.15) is 11.5 Å². The van der Waals surface area contributed by atoms with Gasteiger partial charge in [0.25, 0.3) is 0 Å². The zero-order valence-electron chi connectivity index (χ0n) is 26.9. The number of fused-ring (bicyclic) bond motifs is 6. The van der Waals surface area contributed by atoms with Gasteiger partial charge < -0.3 is 29.2 Å². The number of carbonyl (C=O) groups is 2. The van der Waals surface area contributed by atoms with E-state index in [9.17, 15) is 9.59 Å². The molecule has 4 aliphatic rings. The van der Waals surface area contributed by atoms with Crippen molar-refractivity contribution < 1.29 is 28.5 Å². The summed E-state index contributed by atoms with van der Waals surface area (Å²) in [5.74, 6) is 2.09. The van der Waals surface area contributed by atoms with Crippen LogP contribution in [0.2, 0.25) is 0 Å². The molecule has 2 fully saturated rings. The van der Waals surface area contributed by atoms with Crippen LogP contribution >= 0.6 is 11.6 Å². The maximum atomic E-state index is 13.5. The zero-order chi connectivity index (χ0) is 32.2. The van der Waals surface area contributed by atoms with E-state index < -0.39 is 11.6 Å². The second-order valence-corrected chi connectivity index (χ2v) is 13.3. The Labute approximate surface area is 281 Å². The van der Waals surface area contributed by atoms with Gasteiger partial charge in [0.05, 0.1) is 31.8 Å². The molecular formula is C38H43ClN2O6. The number of hydrogen-bond acceptors (Lipinski definition) is 7. The predicted octanol–water partition coefficient (Wildman–Crippen LogP) is 7.89. The molecule has 3 aliphatic heterocycles. The number of hydrogen-bond donors (Lipinski definition) is 1. The quantitative estimate of drug-likeness (QED) is 0.101. The van der Waals surface area contributed by atoms with Gasteiger partial charge in [-0.2, -0.15) is 0 Å². The molecule has 1 unspecified atom stereocenters. The minimum Gasteiger partial charge on any atom is -0.456 e. The Morgan fingerprint density at radius 2 is 1.62 bits per heavy atom. The van der Waals surface area contributed by atoms with E-state index >= 15 is 0 Å². The first kappa shape index (κ1) is 32.0. The molecule has 3 aromatic rings. The highest BCUT2D eigenvalue weighted by Crippen LogP contribution is 2.57. The topological polar surface area (TPSA) is 86.3 Å². The van der Waals surface area contributed by atoms with Gasteiger partial charge in [-0.3, -0.25) is 4.79 Å². The molecule has 3 heterocycles. The van der Waals surface area contributed by atoms with Gasteiger partial charge in [-0.1, -0.05) is 31.4 Å². The number of nitrogens with zero attached hydrogens (tertiary/aromatic N) is 1. The largest absolute Gasteiger partial charge is 0.456 e. The number of rotatable bonds is 15. The van der Waals surface area contributed by atoms with Crippen molar-refractivity contribution in [3.05, 3.63) is 82.4 Å². The molecule has 0 bridgehead atoms. The van der Waals surface area contributed by atoms with Gasteiger partial charge in [0.15, 0.2) is 5.60 Å². The summed E-state index contributed by atoms with van der Waals surface area (Å²) in [5.41, 5.74) is 4.54. The number of halogens is 1. The number of unbranched alkanes of at least 4 members (excludes halogenated alkanes) is 3. The molecule has 1 amide bonds. The highest BCUT2D eigenvalue weighted by Gasteiger charge is 2.54. The van der Waals surface area contributed by atoms with Crippen molar-refractivity contribution in [1.82, 2.24) is 0 Å². The Morgan fingerprint density at radius 1 is 0.851 bits per heavy atom. The summed E-state index contributed by atoms with van der Waals surface area (Å²) in [6.07, 6.45) is 9.28. The molecule has 1 N–H and O–H groups in total. The van der Waals surface area contributed by atoms with Gasteiger partial charge in [-0.25, -0.2) is 4.79 Å². The van der Waals surface area contributed by atoms with Crippen LogP contribution in [0.25, 0.3) is 0 Å². The number of carbonyl (C=O) groups excluding carboxylic acids is 2. The van der Waals surface area contributed by atoms with E-state index in [1.807, 2.05) is 12.1 Å². The van der Waals surface area contributed by atoms with Crippen molar-refractivity contribution in [2.24, 2.45) is 0 Å². The predicted molar refractivity (Wildman–Crippen MR) is 182 cm³/mol. The molecule has 1 saturated heterocycles. The molecule has 47 heavy (non-hydrogen) atoms.